The quantitative estimate of drug-likeness (QED) is 0.210. The van der Waals surface area contributed by atoms with Crippen molar-refractivity contribution in [2.45, 2.75) is 12.4 Å². The number of anilines is 5. The van der Waals surface area contributed by atoms with Crippen molar-refractivity contribution >= 4 is 52.4 Å². The zero-order chi connectivity index (χ0) is 29.2. The van der Waals surface area contributed by atoms with Gasteiger partial charge in [-0.3, -0.25) is 0 Å². The highest BCUT2D eigenvalue weighted by atomic mass is 35.5. The standard InChI is InChI=1S/C18H16ClN5O.2C2HF3O2/c19-16-11-21-18-23-13-4-1-3-12(9-13)20-7-8-25-15-6-2-5-14(10-15)22-17(16)24-18;2*3-2(4,5)1(6)7/h1-6,9-11,20H,7-8H2,(H2,21,22,23,24);2*(H,6,7). The molecule has 5 N–H and O–H groups in total. The molecular weight excluding hydrogens is 564 g/mol. The lowest BCUT2D eigenvalue weighted by molar-refractivity contribution is -0.193. The van der Waals surface area contributed by atoms with Gasteiger partial charge in [-0.25, -0.2) is 14.6 Å². The molecule has 1 aliphatic heterocycles. The molecule has 0 spiro atoms. The molecule has 210 valence electrons. The zero-order valence-corrected chi connectivity index (χ0v) is 20.0. The molecule has 0 fully saturated rings. The van der Waals surface area contributed by atoms with Crippen LogP contribution in [-0.4, -0.2) is 57.6 Å². The number of nitrogens with zero attached hydrogens (tertiary/aromatic N) is 2. The summed E-state index contributed by atoms with van der Waals surface area (Å²) in [5, 5.41) is 24.4. The third kappa shape index (κ3) is 10.8. The predicted molar refractivity (Wildman–Crippen MR) is 128 cm³/mol. The van der Waals surface area contributed by atoms with E-state index < -0.39 is 24.3 Å². The summed E-state index contributed by atoms with van der Waals surface area (Å²) >= 11 is 6.23. The lowest BCUT2D eigenvalue weighted by atomic mass is 10.3. The van der Waals surface area contributed by atoms with Crippen LogP contribution < -0.4 is 20.7 Å². The van der Waals surface area contributed by atoms with Crippen molar-refractivity contribution in [2.24, 2.45) is 0 Å². The monoisotopic (exact) mass is 581 g/mol. The van der Waals surface area contributed by atoms with Gasteiger partial charge in [-0.2, -0.15) is 31.3 Å². The lowest BCUT2D eigenvalue weighted by Crippen LogP contribution is -2.21. The van der Waals surface area contributed by atoms with Crippen LogP contribution in [0.25, 0.3) is 0 Å². The van der Waals surface area contributed by atoms with Crippen molar-refractivity contribution in [3.8, 4) is 5.75 Å². The molecule has 0 radical (unpaired) electrons. The van der Waals surface area contributed by atoms with E-state index in [-0.39, 0.29) is 0 Å². The molecule has 0 aliphatic carbocycles. The first-order chi connectivity index (χ1) is 18.1. The van der Waals surface area contributed by atoms with Gasteiger partial charge in [0.1, 0.15) is 17.4 Å². The van der Waals surface area contributed by atoms with E-state index in [1.54, 1.807) is 6.20 Å². The Labute approximate surface area is 220 Å². The topological polar surface area (TPSA) is 146 Å². The number of halogens is 7. The van der Waals surface area contributed by atoms with Crippen LogP contribution in [-0.2, 0) is 9.59 Å². The highest BCUT2D eigenvalue weighted by Crippen LogP contribution is 2.27. The number of nitrogens with one attached hydrogen (secondary N) is 3. The summed E-state index contributed by atoms with van der Waals surface area (Å²) in [5.74, 6) is -3.74. The van der Waals surface area contributed by atoms with E-state index in [1.165, 1.54) is 0 Å². The molecular formula is C22H18ClF6N5O5. The van der Waals surface area contributed by atoms with Crippen LogP contribution in [0.5, 0.6) is 5.75 Å². The second-order valence-corrected chi connectivity index (χ2v) is 7.54. The molecule has 2 heterocycles. The Balaban J connectivity index is 0.000000317. The summed E-state index contributed by atoms with van der Waals surface area (Å²) in [7, 11) is 0. The molecule has 4 rings (SSSR count). The minimum atomic E-state index is -5.08. The number of ether oxygens (including phenoxy) is 1. The zero-order valence-electron chi connectivity index (χ0n) is 19.3. The van der Waals surface area contributed by atoms with Gasteiger partial charge in [0.25, 0.3) is 0 Å². The predicted octanol–water partition coefficient (Wildman–Crippen LogP) is 5.69. The molecule has 0 unspecified atom stereocenters. The van der Waals surface area contributed by atoms with E-state index in [0.717, 1.165) is 22.8 Å². The molecule has 6 bridgehead atoms. The molecule has 0 saturated carbocycles. The van der Waals surface area contributed by atoms with E-state index >= 15 is 0 Å². The number of carboxylic acid groups (broad SMARTS) is 2. The second kappa shape index (κ2) is 13.4. The average molecular weight is 582 g/mol. The Bertz CT molecular complexity index is 1270. The number of benzene rings is 2. The van der Waals surface area contributed by atoms with Crippen molar-refractivity contribution in [3.05, 3.63) is 59.8 Å². The molecule has 0 amide bonds. The van der Waals surface area contributed by atoms with E-state index in [1.807, 2.05) is 48.5 Å². The Morgan fingerprint density at radius 2 is 1.41 bits per heavy atom. The number of fused-ring (bicyclic) bond motifs is 6. The van der Waals surface area contributed by atoms with Gasteiger partial charge >= 0.3 is 24.3 Å². The third-order valence-corrected chi connectivity index (χ3v) is 4.42. The smallest absolute Gasteiger partial charge is 0.490 e. The maximum Gasteiger partial charge on any atom is 0.490 e. The van der Waals surface area contributed by atoms with Crippen LogP contribution in [0.1, 0.15) is 0 Å². The summed E-state index contributed by atoms with van der Waals surface area (Å²) in [6.45, 7) is 1.24. The van der Waals surface area contributed by atoms with Gasteiger partial charge in [0.05, 0.1) is 6.20 Å². The number of hydrogen-bond donors (Lipinski definition) is 5. The Kier molecular flexibility index (Phi) is 10.5. The molecule has 1 aliphatic rings. The molecule has 39 heavy (non-hydrogen) atoms. The van der Waals surface area contributed by atoms with Crippen molar-refractivity contribution in [2.75, 3.05) is 29.1 Å². The normalized spacial score (nSPS) is 12.5. The summed E-state index contributed by atoms with van der Waals surface area (Å²) in [6, 6.07) is 15.6. The van der Waals surface area contributed by atoms with Gasteiger partial charge in [-0.1, -0.05) is 23.7 Å². The van der Waals surface area contributed by atoms with Crippen molar-refractivity contribution in [3.63, 3.8) is 0 Å². The van der Waals surface area contributed by atoms with Crippen molar-refractivity contribution < 1.29 is 50.9 Å². The number of hydrogen-bond acceptors (Lipinski definition) is 8. The molecule has 17 heteroatoms. The Morgan fingerprint density at radius 1 is 0.872 bits per heavy atom. The molecule has 0 saturated heterocycles. The molecule has 2 aromatic carbocycles. The van der Waals surface area contributed by atoms with Crippen molar-refractivity contribution in [1.82, 2.24) is 9.97 Å². The molecule has 3 aromatic rings. The van der Waals surface area contributed by atoms with Crippen LogP contribution in [0.2, 0.25) is 5.02 Å². The number of aliphatic carboxylic acids is 2. The van der Waals surface area contributed by atoms with Crippen LogP contribution in [0.3, 0.4) is 0 Å². The fraction of sp³-hybridized carbons (Fsp3) is 0.182. The number of carboxylic acids is 2. The summed E-state index contributed by atoms with van der Waals surface area (Å²) in [6.07, 6.45) is -8.60. The first-order valence-electron chi connectivity index (χ1n) is 10.4. The minimum Gasteiger partial charge on any atom is -0.492 e. The average Bonchev–Trinajstić information content (AvgIpc) is 2.84. The number of rotatable bonds is 0. The van der Waals surface area contributed by atoms with Gasteiger partial charge in [0.15, 0.2) is 5.82 Å². The fourth-order valence-electron chi connectivity index (χ4n) is 2.52. The van der Waals surface area contributed by atoms with Gasteiger partial charge in [-0.15, -0.1) is 0 Å². The highest BCUT2D eigenvalue weighted by molar-refractivity contribution is 6.32. The molecule has 1 aromatic heterocycles. The highest BCUT2D eigenvalue weighted by Gasteiger charge is 2.38. The minimum absolute atomic E-state index is 0.441. The number of alkyl halides is 6. The van der Waals surface area contributed by atoms with Crippen LogP contribution >= 0.6 is 11.6 Å². The molecule has 0 atom stereocenters. The van der Waals surface area contributed by atoms with Crippen LogP contribution in [0.4, 0.5) is 55.2 Å². The first kappa shape index (κ1) is 30.8. The lowest BCUT2D eigenvalue weighted by Gasteiger charge is -2.11. The third-order valence-electron chi connectivity index (χ3n) is 4.14. The summed E-state index contributed by atoms with van der Waals surface area (Å²) in [4.78, 5) is 26.5. The largest absolute Gasteiger partial charge is 0.492 e. The van der Waals surface area contributed by atoms with Gasteiger partial charge in [0, 0.05) is 29.7 Å². The maximum atomic E-state index is 10.6. The van der Waals surface area contributed by atoms with E-state index in [2.05, 4.69) is 25.9 Å². The van der Waals surface area contributed by atoms with Crippen molar-refractivity contribution in [1.29, 1.82) is 0 Å². The van der Waals surface area contributed by atoms with E-state index in [9.17, 15) is 26.3 Å². The summed E-state index contributed by atoms with van der Waals surface area (Å²) in [5.41, 5.74) is 2.71. The maximum absolute atomic E-state index is 10.6. The second-order valence-electron chi connectivity index (χ2n) is 7.13. The van der Waals surface area contributed by atoms with Crippen LogP contribution in [0.15, 0.2) is 54.7 Å². The number of carbonyl (C=O) groups is 2. The van der Waals surface area contributed by atoms with Gasteiger partial charge < -0.3 is 30.9 Å². The SMILES string of the molecule is Clc1cnc2nc1Nc1cccc(c1)OCCNc1cccc(c1)N2.O=C(O)C(F)(F)F.O=C(O)C(F)(F)F. The summed E-state index contributed by atoms with van der Waals surface area (Å²) < 4.78 is 69.3. The molecule has 10 nitrogen and oxygen atoms in total. The van der Waals surface area contributed by atoms with Gasteiger partial charge in [-0.05, 0) is 30.3 Å². The van der Waals surface area contributed by atoms with Crippen LogP contribution in [0, 0.1) is 0 Å². The fourth-order valence-corrected chi connectivity index (χ4v) is 2.65. The van der Waals surface area contributed by atoms with Gasteiger partial charge in [0.2, 0.25) is 5.95 Å². The first-order valence-corrected chi connectivity index (χ1v) is 10.8. The van der Waals surface area contributed by atoms with E-state index in [0.29, 0.717) is 29.9 Å². The Hall–Kier alpha value is -4.47. The Morgan fingerprint density at radius 3 is 2.00 bits per heavy atom. The number of aromatic nitrogens is 2. The van der Waals surface area contributed by atoms with E-state index in [4.69, 9.17) is 36.1 Å².